The van der Waals surface area contributed by atoms with Crippen LogP contribution in [-0.4, -0.2) is 57.2 Å². The zero-order chi connectivity index (χ0) is 33.7. The van der Waals surface area contributed by atoms with Gasteiger partial charge in [-0.3, -0.25) is 9.59 Å². The smallest absolute Gasteiger partial charge is 0.475 e. The molecule has 0 radical (unpaired) electrons. The van der Waals surface area contributed by atoms with Crippen LogP contribution in [0.25, 0.3) is 33.6 Å². The molecule has 2 aromatic carbocycles. The second-order valence-corrected chi connectivity index (χ2v) is 12.7. The molecule has 1 aliphatic heterocycles. The second-order valence-electron chi connectivity index (χ2n) is 10.8. The number of hydrogen-bond donors (Lipinski definition) is 2. The Morgan fingerprint density at radius 2 is 1.66 bits per heavy atom. The van der Waals surface area contributed by atoms with E-state index in [1.165, 1.54) is 0 Å². The molecule has 0 unspecified atom stereocenters. The van der Waals surface area contributed by atoms with Crippen molar-refractivity contribution in [2.45, 2.75) is 38.3 Å². The molecule has 1 aliphatic rings. The third-order valence-corrected chi connectivity index (χ3v) is 9.49. The van der Waals surface area contributed by atoms with Crippen molar-refractivity contribution in [3.8, 4) is 33.6 Å². The molecule has 3 N–H and O–H groups in total. The Morgan fingerprint density at radius 1 is 1.00 bits per heavy atom. The van der Waals surface area contributed by atoms with Crippen molar-refractivity contribution in [3.05, 3.63) is 92.6 Å². The van der Waals surface area contributed by atoms with Crippen molar-refractivity contribution in [1.29, 1.82) is 0 Å². The zero-order valence-corrected chi connectivity index (χ0v) is 26.6. The summed E-state index contributed by atoms with van der Waals surface area (Å²) >= 11 is 3.29. The highest BCUT2D eigenvalue weighted by Crippen LogP contribution is 2.39. The van der Waals surface area contributed by atoms with Crippen LogP contribution in [0.4, 0.5) is 13.2 Å². The van der Waals surface area contributed by atoms with E-state index in [9.17, 15) is 22.8 Å². The summed E-state index contributed by atoms with van der Waals surface area (Å²) in [4.78, 5) is 41.4. The van der Waals surface area contributed by atoms with Gasteiger partial charge in [-0.05, 0) is 60.5 Å². The first-order valence-corrected chi connectivity index (χ1v) is 16.2. The van der Waals surface area contributed by atoms with Crippen LogP contribution in [0.15, 0.2) is 75.9 Å². The molecule has 244 valence electrons. The molecule has 3 aromatic heterocycles. The molecule has 0 atom stereocenters. The van der Waals surface area contributed by atoms with Gasteiger partial charge in [-0.15, -0.1) is 22.7 Å². The van der Waals surface area contributed by atoms with E-state index in [4.69, 9.17) is 25.1 Å². The first-order chi connectivity index (χ1) is 22.4. The van der Waals surface area contributed by atoms with E-state index in [1.54, 1.807) is 34.8 Å². The van der Waals surface area contributed by atoms with Gasteiger partial charge >= 0.3 is 12.1 Å². The van der Waals surface area contributed by atoms with Crippen molar-refractivity contribution >= 4 is 40.5 Å². The van der Waals surface area contributed by atoms with Gasteiger partial charge in [0, 0.05) is 40.4 Å². The van der Waals surface area contributed by atoms with E-state index in [-0.39, 0.29) is 5.91 Å². The average molecular weight is 683 g/mol. The lowest BCUT2D eigenvalue weighted by Crippen LogP contribution is -2.38. The third kappa shape index (κ3) is 8.13. The number of thiazole rings is 1. The van der Waals surface area contributed by atoms with E-state index in [1.807, 2.05) is 65.7 Å². The number of likely N-dealkylation sites (tertiary alicyclic amines) is 1. The van der Waals surface area contributed by atoms with Crippen LogP contribution in [0, 0.1) is 6.92 Å². The lowest BCUT2D eigenvalue weighted by atomic mass is 9.96. The minimum absolute atomic E-state index is 0.203. The second kappa shape index (κ2) is 14.3. The van der Waals surface area contributed by atoms with Crippen LogP contribution in [0.3, 0.4) is 0 Å². The van der Waals surface area contributed by atoms with Crippen molar-refractivity contribution in [2.24, 2.45) is 5.73 Å². The maximum atomic E-state index is 12.7. The summed E-state index contributed by atoms with van der Waals surface area (Å²) in [5.74, 6) is -1.97. The molecule has 0 saturated carbocycles. The van der Waals surface area contributed by atoms with Crippen LogP contribution in [-0.2, 0) is 16.0 Å². The molecule has 6 rings (SSSR count). The lowest BCUT2D eigenvalue weighted by Gasteiger charge is -2.31. The number of nitrogens with zero attached hydrogens (tertiary/aromatic N) is 3. The number of amides is 2. The fourth-order valence-electron chi connectivity index (χ4n) is 5.21. The Hall–Kier alpha value is -4.82. The summed E-state index contributed by atoms with van der Waals surface area (Å²) in [6.07, 6.45) is -2.78. The van der Waals surface area contributed by atoms with Crippen LogP contribution in [0.5, 0.6) is 0 Å². The van der Waals surface area contributed by atoms with Gasteiger partial charge in [0.15, 0.2) is 0 Å². The summed E-state index contributed by atoms with van der Waals surface area (Å²) in [5.41, 5.74) is 11.2. The highest BCUT2D eigenvalue weighted by Gasteiger charge is 2.38. The number of piperidine rings is 1. The minimum Gasteiger partial charge on any atom is -0.475 e. The number of thiophene rings is 1. The summed E-state index contributed by atoms with van der Waals surface area (Å²) < 4.78 is 37.4. The number of aryl methyl sites for hydroxylation is 1. The minimum atomic E-state index is -5.08. The predicted octanol–water partition coefficient (Wildman–Crippen LogP) is 7.18. The third-order valence-electron chi connectivity index (χ3n) is 7.60. The average Bonchev–Trinajstić information content (AvgIpc) is 3.83. The molecule has 47 heavy (non-hydrogen) atoms. The topological polar surface area (TPSA) is 140 Å². The van der Waals surface area contributed by atoms with Crippen molar-refractivity contribution in [1.82, 2.24) is 15.0 Å². The van der Waals surface area contributed by atoms with Gasteiger partial charge < -0.3 is 20.3 Å². The molecular formula is C33H29F3N4O5S2. The van der Waals surface area contributed by atoms with Gasteiger partial charge in [0.05, 0.1) is 22.7 Å². The Balaban J connectivity index is 0.000000559. The van der Waals surface area contributed by atoms with Gasteiger partial charge in [-0.1, -0.05) is 41.6 Å². The van der Waals surface area contributed by atoms with Crippen LogP contribution >= 0.6 is 22.7 Å². The fourth-order valence-corrected chi connectivity index (χ4v) is 6.89. The highest BCUT2D eigenvalue weighted by atomic mass is 32.1. The number of aromatic nitrogens is 2. The molecule has 5 aromatic rings. The molecule has 0 aliphatic carbocycles. The maximum Gasteiger partial charge on any atom is 0.490 e. The number of carbonyl (C=O) groups excluding carboxylic acids is 2. The Morgan fingerprint density at radius 3 is 2.30 bits per heavy atom. The number of aliphatic carboxylic acids is 1. The lowest BCUT2D eigenvalue weighted by molar-refractivity contribution is -0.192. The molecule has 2 amide bonds. The highest BCUT2D eigenvalue weighted by molar-refractivity contribution is 7.10. The number of carboxylic acid groups (broad SMARTS) is 1. The quantitative estimate of drug-likeness (QED) is 0.185. The standard InChI is InChI=1S/C31H28N4O3S2.C2HF3O2/c1-19-28(29(34-38-19)23-7-2-5-21(15-23)22-6-3-8-24(16-22)30(32)37)26-18-40-31(33-26)20-10-12-35(13-11-20)27(36)17-25-9-4-14-39-25;3-2(4,5)1(6)7/h2-9,14-16,18,20H,10-13,17H2,1H3,(H2,32,37);(H,6,7). The van der Waals surface area contributed by atoms with E-state index in [0.29, 0.717) is 23.7 Å². The first kappa shape index (κ1) is 33.5. The molecule has 14 heteroatoms. The van der Waals surface area contributed by atoms with Gasteiger partial charge in [0.1, 0.15) is 11.5 Å². The monoisotopic (exact) mass is 682 g/mol. The van der Waals surface area contributed by atoms with E-state index in [0.717, 1.165) is 69.5 Å². The maximum absolute atomic E-state index is 12.7. The molecule has 0 bridgehead atoms. The summed E-state index contributed by atoms with van der Waals surface area (Å²) in [6, 6.07) is 19.3. The predicted molar refractivity (Wildman–Crippen MR) is 172 cm³/mol. The van der Waals surface area contributed by atoms with Gasteiger partial charge in [0.2, 0.25) is 11.8 Å². The van der Waals surface area contributed by atoms with Gasteiger partial charge in [-0.25, -0.2) is 9.78 Å². The number of alkyl halides is 3. The van der Waals surface area contributed by atoms with Crippen LogP contribution < -0.4 is 5.73 Å². The Labute approximate surface area is 275 Å². The number of benzene rings is 2. The number of carbonyl (C=O) groups is 3. The SMILES string of the molecule is Cc1onc(-c2cccc(-c3cccc(C(N)=O)c3)c2)c1-c1csc(C2CCN(C(=O)Cc3cccs3)CC2)n1.O=C(O)C(F)(F)F. The first-order valence-electron chi connectivity index (χ1n) is 14.4. The Bertz CT molecular complexity index is 1880. The number of hydrogen-bond acceptors (Lipinski definition) is 8. The van der Waals surface area contributed by atoms with Gasteiger partial charge in [-0.2, -0.15) is 13.2 Å². The summed E-state index contributed by atoms with van der Waals surface area (Å²) in [6.45, 7) is 3.42. The largest absolute Gasteiger partial charge is 0.490 e. The molecule has 9 nitrogen and oxygen atoms in total. The summed E-state index contributed by atoms with van der Waals surface area (Å²) in [5, 5.41) is 16.7. The van der Waals surface area contributed by atoms with Crippen LogP contribution in [0.2, 0.25) is 0 Å². The molecule has 1 saturated heterocycles. The summed E-state index contributed by atoms with van der Waals surface area (Å²) in [7, 11) is 0. The number of primary amides is 1. The van der Waals surface area contributed by atoms with Crippen molar-refractivity contribution < 1.29 is 37.2 Å². The fraction of sp³-hybridized carbons (Fsp3) is 0.242. The van der Waals surface area contributed by atoms with Crippen molar-refractivity contribution in [3.63, 3.8) is 0 Å². The number of carboxylic acids is 1. The van der Waals surface area contributed by atoms with E-state index in [2.05, 4.69) is 10.5 Å². The van der Waals surface area contributed by atoms with Crippen molar-refractivity contribution in [2.75, 3.05) is 13.1 Å². The normalized spacial score (nSPS) is 13.6. The molecule has 1 fully saturated rings. The zero-order valence-electron chi connectivity index (χ0n) is 25.0. The Kier molecular flexibility index (Phi) is 10.2. The van der Waals surface area contributed by atoms with E-state index < -0.39 is 18.1 Å². The molecule has 4 heterocycles. The number of nitrogens with two attached hydrogens (primary N) is 1. The molecule has 0 spiro atoms. The van der Waals surface area contributed by atoms with E-state index >= 15 is 0 Å². The van der Waals surface area contributed by atoms with Crippen LogP contribution in [0.1, 0.15) is 44.8 Å². The molecular weight excluding hydrogens is 654 g/mol. The number of rotatable bonds is 7. The van der Waals surface area contributed by atoms with Gasteiger partial charge in [0.25, 0.3) is 0 Å². The number of halogens is 3.